The molecule has 0 amide bonds. The molecule has 140 valence electrons. The zero-order valence-corrected chi connectivity index (χ0v) is 15.3. The van der Waals surface area contributed by atoms with E-state index >= 15 is 0 Å². The minimum absolute atomic E-state index is 0.0893. The second kappa shape index (κ2) is 8.66. The molecule has 0 aliphatic heterocycles. The maximum Gasteiger partial charge on any atom is 0.326 e. The molecular formula is C18H20FNO5S. The molecule has 0 fully saturated rings. The first kappa shape index (κ1) is 19.7. The molecule has 0 radical (unpaired) electrons. The van der Waals surface area contributed by atoms with Crippen molar-refractivity contribution in [3.05, 3.63) is 54.3 Å². The second-order valence-electron chi connectivity index (χ2n) is 5.17. The van der Waals surface area contributed by atoms with Crippen molar-refractivity contribution in [1.82, 2.24) is 0 Å². The summed E-state index contributed by atoms with van der Waals surface area (Å²) in [4.78, 5) is 11.8. The van der Waals surface area contributed by atoms with Crippen LogP contribution in [0.2, 0.25) is 0 Å². The Hall–Kier alpha value is -2.61. The maximum atomic E-state index is 14.2. The topological polar surface area (TPSA) is 72.9 Å². The average molecular weight is 381 g/mol. The van der Waals surface area contributed by atoms with E-state index in [1.54, 1.807) is 6.92 Å². The Balaban J connectivity index is 2.45. The summed E-state index contributed by atoms with van der Waals surface area (Å²) in [6, 6.07) is 11.0. The first-order chi connectivity index (χ1) is 12.4. The van der Waals surface area contributed by atoms with E-state index in [0.29, 0.717) is 16.7 Å². The molecule has 0 aliphatic rings. The van der Waals surface area contributed by atoms with E-state index in [4.69, 9.17) is 9.47 Å². The van der Waals surface area contributed by atoms with E-state index in [9.17, 15) is 17.6 Å². The average Bonchev–Trinajstić information content (AvgIpc) is 2.61. The predicted octanol–water partition coefficient (Wildman–Crippen LogP) is 2.98. The van der Waals surface area contributed by atoms with E-state index < -0.39 is 28.4 Å². The van der Waals surface area contributed by atoms with Crippen LogP contribution in [0, 0.1) is 5.82 Å². The lowest BCUT2D eigenvalue weighted by Gasteiger charge is -2.24. The van der Waals surface area contributed by atoms with Crippen LogP contribution < -0.4 is 9.04 Å². The highest BCUT2D eigenvalue weighted by atomic mass is 32.2. The van der Waals surface area contributed by atoms with Gasteiger partial charge in [-0.25, -0.2) is 12.8 Å². The van der Waals surface area contributed by atoms with Crippen molar-refractivity contribution in [2.75, 3.05) is 24.1 Å². The SMILES string of the molecule is CCOC(=O)CN(c1ccccc1F)S(=O)(=O)c1ccc(OCC)cc1. The molecule has 6 nitrogen and oxygen atoms in total. The van der Waals surface area contributed by atoms with Crippen LogP contribution in [0.25, 0.3) is 0 Å². The van der Waals surface area contributed by atoms with Gasteiger partial charge in [0.15, 0.2) is 0 Å². The van der Waals surface area contributed by atoms with Crippen LogP contribution in [0.5, 0.6) is 5.75 Å². The zero-order chi connectivity index (χ0) is 19.2. The van der Waals surface area contributed by atoms with Crippen LogP contribution in [-0.2, 0) is 19.6 Å². The third kappa shape index (κ3) is 4.51. The summed E-state index contributed by atoms with van der Waals surface area (Å²) in [6.07, 6.45) is 0. The van der Waals surface area contributed by atoms with Gasteiger partial charge in [-0.15, -0.1) is 0 Å². The van der Waals surface area contributed by atoms with Gasteiger partial charge in [-0.1, -0.05) is 12.1 Å². The first-order valence-electron chi connectivity index (χ1n) is 8.06. The predicted molar refractivity (Wildman–Crippen MR) is 95.2 cm³/mol. The van der Waals surface area contributed by atoms with Crippen molar-refractivity contribution in [3.8, 4) is 5.75 Å². The van der Waals surface area contributed by atoms with E-state index in [2.05, 4.69) is 0 Å². The van der Waals surface area contributed by atoms with Crippen LogP contribution in [0.15, 0.2) is 53.4 Å². The molecule has 0 heterocycles. The number of halogens is 1. The number of ether oxygens (including phenoxy) is 2. The minimum Gasteiger partial charge on any atom is -0.494 e. The molecule has 0 spiro atoms. The van der Waals surface area contributed by atoms with Crippen molar-refractivity contribution in [1.29, 1.82) is 0 Å². The normalized spacial score (nSPS) is 11.0. The fourth-order valence-corrected chi connectivity index (χ4v) is 3.70. The van der Waals surface area contributed by atoms with E-state index in [-0.39, 0.29) is 17.2 Å². The Morgan fingerprint density at radius 2 is 1.69 bits per heavy atom. The number of rotatable bonds is 8. The number of para-hydroxylation sites is 1. The number of hydrogen-bond donors (Lipinski definition) is 0. The standard InChI is InChI=1S/C18H20FNO5S/c1-3-24-14-9-11-15(12-10-14)26(22,23)20(13-18(21)25-4-2)17-8-6-5-7-16(17)19/h5-12H,3-4,13H2,1-2H3. The Bertz CT molecular complexity index is 852. The second-order valence-corrected chi connectivity index (χ2v) is 7.03. The van der Waals surface area contributed by atoms with Gasteiger partial charge >= 0.3 is 5.97 Å². The third-order valence-corrected chi connectivity index (χ3v) is 5.20. The van der Waals surface area contributed by atoms with Gasteiger partial charge in [-0.2, -0.15) is 0 Å². The van der Waals surface area contributed by atoms with Gasteiger partial charge in [0.25, 0.3) is 10.0 Å². The molecular weight excluding hydrogens is 361 g/mol. The lowest BCUT2D eigenvalue weighted by atomic mass is 10.3. The fraction of sp³-hybridized carbons (Fsp3) is 0.278. The quantitative estimate of drug-likeness (QED) is 0.658. The molecule has 0 unspecified atom stereocenters. The lowest BCUT2D eigenvalue weighted by Crippen LogP contribution is -2.37. The summed E-state index contributed by atoms with van der Waals surface area (Å²) in [5.74, 6) is -1.02. The Labute approximate surface area is 152 Å². The highest BCUT2D eigenvalue weighted by Gasteiger charge is 2.29. The molecule has 26 heavy (non-hydrogen) atoms. The first-order valence-corrected chi connectivity index (χ1v) is 9.50. The number of benzene rings is 2. The molecule has 0 atom stereocenters. The third-order valence-electron chi connectivity index (χ3n) is 3.42. The Morgan fingerprint density at radius 1 is 1.04 bits per heavy atom. The number of carbonyl (C=O) groups is 1. The highest BCUT2D eigenvalue weighted by Crippen LogP contribution is 2.27. The number of hydrogen-bond acceptors (Lipinski definition) is 5. The monoisotopic (exact) mass is 381 g/mol. The lowest BCUT2D eigenvalue weighted by molar-refractivity contribution is -0.141. The molecule has 0 saturated heterocycles. The number of anilines is 1. The van der Waals surface area contributed by atoms with Crippen LogP contribution in [0.1, 0.15) is 13.8 Å². The summed E-state index contributed by atoms with van der Waals surface area (Å²) in [5, 5.41) is 0. The molecule has 0 N–H and O–H groups in total. The van der Waals surface area contributed by atoms with Gasteiger partial charge in [-0.3, -0.25) is 9.10 Å². The summed E-state index contributed by atoms with van der Waals surface area (Å²) >= 11 is 0. The molecule has 2 aromatic carbocycles. The minimum atomic E-state index is -4.18. The van der Waals surface area contributed by atoms with Crippen molar-refractivity contribution in [2.24, 2.45) is 0 Å². The smallest absolute Gasteiger partial charge is 0.326 e. The van der Waals surface area contributed by atoms with Crippen LogP contribution in [0.3, 0.4) is 0 Å². The number of esters is 1. The van der Waals surface area contributed by atoms with Gasteiger partial charge in [-0.05, 0) is 50.2 Å². The van der Waals surface area contributed by atoms with Gasteiger partial charge in [0, 0.05) is 0 Å². The van der Waals surface area contributed by atoms with Crippen LogP contribution in [0.4, 0.5) is 10.1 Å². The molecule has 0 bridgehead atoms. The van der Waals surface area contributed by atoms with Crippen molar-refractivity contribution in [2.45, 2.75) is 18.7 Å². The summed E-state index contributed by atoms with van der Waals surface area (Å²) in [7, 11) is -4.18. The van der Waals surface area contributed by atoms with Crippen molar-refractivity contribution >= 4 is 21.7 Å². The number of sulfonamides is 1. The summed E-state index contributed by atoms with van der Waals surface area (Å²) in [6.45, 7) is 3.31. The summed E-state index contributed by atoms with van der Waals surface area (Å²) in [5.41, 5.74) is -0.227. The van der Waals surface area contributed by atoms with Gasteiger partial charge in [0.05, 0.1) is 23.8 Å². The number of carbonyl (C=O) groups excluding carboxylic acids is 1. The maximum absolute atomic E-state index is 14.2. The largest absolute Gasteiger partial charge is 0.494 e. The molecule has 0 aromatic heterocycles. The Kier molecular flexibility index (Phi) is 6.57. The van der Waals surface area contributed by atoms with Crippen LogP contribution >= 0.6 is 0 Å². The molecule has 2 rings (SSSR count). The molecule has 2 aromatic rings. The van der Waals surface area contributed by atoms with Crippen LogP contribution in [-0.4, -0.2) is 34.1 Å². The molecule has 0 aliphatic carbocycles. The van der Waals surface area contributed by atoms with Crippen molar-refractivity contribution in [3.63, 3.8) is 0 Å². The van der Waals surface area contributed by atoms with E-state index in [0.717, 1.165) is 6.07 Å². The fourth-order valence-electron chi connectivity index (χ4n) is 2.28. The molecule has 0 saturated carbocycles. The Morgan fingerprint density at radius 3 is 2.27 bits per heavy atom. The highest BCUT2D eigenvalue weighted by molar-refractivity contribution is 7.92. The zero-order valence-electron chi connectivity index (χ0n) is 14.5. The molecule has 8 heteroatoms. The van der Waals surface area contributed by atoms with Crippen molar-refractivity contribution < 1.29 is 27.1 Å². The van der Waals surface area contributed by atoms with Gasteiger partial charge < -0.3 is 9.47 Å². The van der Waals surface area contributed by atoms with E-state index in [1.165, 1.54) is 42.5 Å². The van der Waals surface area contributed by atoms with Gasteiger partial charge in [0.1, 0.15) is 18.1 Å². The number of nitrogens with zero attached hydrogens (tertiary/aromatic N) is 1. The van der Waals surface area contributed by atoms with Gasteiger partial charge in [0.2, 0.25) is 0 Å². The summed E-state index contributed by atoms with van der Waals surface area (Å²) < 4.78 is 51.0. The van der Waals surface area contributed by atoms with E-state index in [1.807, 2.05) is 6.92 Å².